The number of anilines is 3. The van der Waals surface area contributed by atoms with Crippen molar-refractivity contribution in [3.05, 3.63) is 54.3 Å². The van der Waals surface area contributed by atoms with Gasteiger partial charge in [-0.3, -0.25) is 4.90 Å². The first-order chi connectivity index (χ1) is 10.2. The summed E-state index contributed by atoms with van der Waals surface area (Å²) in [4.78, 5) is 14.1. The number of urea groups is 1. The van der Waals surface area contributed by atoms with E-state index < -0.39 is 0 Å². The van der Waals surface area contributed by atoms with Crippen molar-refractivity contribution in [1.82, 2.24) is 0 Å². The molecular formula is C16H16FN3O. The Morgan fingerprint density at radius 2 is 2.05 bits per heavy atom. The first-order valence-corrected chi connectivity index (χ1v) is 6.91. The lowest BCUT2D eigenvalue weighted by Gasteiger charge is -2.22. The fourth-order valence-electron chi connectivity index (χ4n) is 2.41. The zero-order valence-electron chi connectivity index (χ0n) is 11.5. The quantitative estimate of drug-likeness (QED) is 0.839. The standard InChI is InChI=1S/C16H16FN3O/c17-12-5-3-6-13(11-12)19-16(21)20-10-4-9-18-14-7-1-2-8-15(14)20/h1-3,5-8,11,18H,4,9-10H2,(H,19,21). The van der Waals surface area contributed by atoms with Crippen LogP contribution in [0.3, 0.4) is 0 Å². The summed E-state index contributed by atoms with van der Waals surface area (Å²) in [6.07, 6.45) is 0.852. The van der Waals surface area contributed by atoms with Gasteiger partial charge in [0.05, 0.1) is 11.4 Å². The molecule has 0 spiro atoms. The Balaban J connectivity index is 1.84. The van der Waals surface area contributed by atoms with Crippen molar-refractivity contribution in [1.29, 1.82) is 0 Å². The smallest absolute Gasteiger partial charge is 0.326 e. The minimum Gasteiger partial charge on any atom is -0.383 e. The van der Waals surface area contributed by atoms with E-state index in [9.17, 15) is 9.18 Å². The molecule has 0 saturated heterocycles. The molecule has 108 valence electrons. The van der Waals surface area contributed by atoms with Crippen molar-refractivity contribution in [3.8, 4) is 0 Å². The van der Waals surface area contributed by atoms with Crippen molar-refractivity contribution >= 4 is 23.1 Å². The molecule has 21 heavy (non-hydrogen) atoms. The normalized spacial score (nSPS) is 13.9. The maximum atomic E-state index is 13.2. The van der Waals surface area contributed by atoms with E-state index in [-0.39, 0.29) is 11.8 Å². The summed E-state index contributed by atoms with van der Waals surface area (Å²) in [6.45, 7) is 1.44. The van der Waals surface area contributed by atoms with Crippen LogP contribution in [0.25, 0.3) is 0 Å². The van der Waals surface area contributed by atoms with Crippen LogP contribution in [0.4, 0.5) is 26.2 Å². The first kappa shape index (κ1) is 13.4. The number of carbonyl (C=O) groups is 1. The Hall–Kier alpha value is -2.56. The number of rotatable bonds is 1. The highest BCUT2D eigenvalue weighted by molar-refractivity contribution is 6.03. The fraction of sp³-hybridized carbons (Fsp3) is 0.188. The number of benzene rings is 2. The maximum absolute atomic E-state index is 13.2. The second kappa shape index (κ2) is 5.83. The van der Waals surface area contributed by atoms with Crippen molar-refractivity contribution in [2.75, 3.05) is 28.6 Å². The van der Waals surface area contributed by atoms with Crippen LogP contribution in [0.15, 0.2) is 48.5 Å². The molecule has 0 fully saturated rings. The van der Waals surface area contributed by atoms with Gasteiger partial charge in [-0.05, 0) is 36.8 Å². The molecule has 2 N–H and O–H groups in total. The average molecular weight is 285 g/mol. The Bertz CT molecular complexity index is 659. The molecular weight excluding hydrogens is 269 g/mol. The van der Waals surface area contributed by atoms with E-state index in [4.69, 9.17) is 0 Å². The Labute approximate surface area is 122 Å². The second-order valence-electron chi connectivity index (χ2n) is 4.89. The first-order valence-electron chi connectivity index (χ1n) is 6.91. The number of fused-ring (bicyclic) bond motifs is 1. The van der Waals surface area contributed by atoms with Crippen LogP contribution in [-0.2, 0) is 0 Å². The number of hydrogen-bond acceptors (Lipinski definition) is 2. The topological polar surface area (TPSA) is 44.4 Å². The van der Waals surface area contributed by atoms with Crippen LogP contribution < -0.4 is 15.5 Å². The predicted octanol–water partition coefficient (Wildman–Crippen LogP) is 3.68. The van der Waals surface area contributed by atoms with Crippen molar-refractivity contribution in [3.63, 3.8) is 0 Å². The van der Waals surface area contributed by atoms with Crippen molar-refractivity contribution in [2.45, 2.75) is 6.42 Å². The summed E-state index contributed by atoms with van der Waals surface area (Å²) in [5.41, 5.74) is 2.22. The van der Waals surface area contributed by atoms with E-state index in [1.165, 1.54) is 12.1 Å². The van der Waals surface area contributed by atoms with E-state index in [0.29, 0.717) is 12.2 Å². The third-order valence-electron chi connectivity index (χ3n) is 3.39. The number of halogens is 1. The van der Waals surface area contributed by atoms with Gasteiger partial charge in [0.15, 0.2) is 0 Å². The van der Waals surface area contributed by atoms with Gasteiger partial charge in [0.1, 0.15) is 5.82 Å². The molecule has 0 unspecified atom stereocenters. The van der Waals surface area contributed by atoms with E-state index >= 15 is 0 Å². The molecule has 1 aliphatic heterocycles. The van der Waals surface area contributed by atoms with Gasteiger partial charge in [-0.1, -0.05) is 18.2 Å². The van der Waals surface area contributed by atoms with Gasteiger partial charge < -0.3 is 10.6 Å². The highest BCUT2D eigenvalue weighted by Crippen LogP contribution is 2.28. The minimum absolute atomic E-state index is 0.253. The van der Waals surface area contributed by atoms with Gasteiger partial charge >= 0.3 is 6.03 Å². The predicted molar refractivity (Wildman–Crippen MR) is 82.3 cm³/mol. The maximum Gasteiger partial charge on any atom is 0.326 e. The number of para-hydroxylation sites is 2. The third-order valence-corrected chi connectivity index (χ3v) is 3.39. The molecule has 1 heterocycles. The van der Waals surface area contributed by atoms with Crippen molar-refractivity contribution < 1.29 is 9.18 Å². The molecule has 0 saturated carbocycles. The summed E-state index contributed by atoms with van der Waals surface area (Å²) < 4.78 is 13.2. The van der Waals surface area contributed by atoms with E-state index in [0.717, 1.165) is 24.3 Å². The van der Waals surface area contributed by atoms with Gasteiger partial charge in [-0.25, -0.2) is 9.18 Å². The van der Waals surface area contributed by atoms with E-state index in [1.807, 2.05) is 24.3 Å². The van der Waals surface area contributed by atoms with E-state index in [2.05, 4.69) is 10.6 Å². The van der Waals surface area contributed by atoms with Crippen LogP contribution >= 0.6 is 0 Å². The lowest BCUT2D eigenvalue weighted by atomic mass is 10.2. The third kappa shape index (κ3) is 2.97. The lowest BCUT2D eigenvalue weighted by molar-refractivity contribution is 0.257. The highest BCUT2D eigenvalue weighted by atomic mass is 19.1. The molecule has 0 aromatic heterocycles. The summed E-state index contributed by atoms with van der Waals surface area (Å²) in [7, 11) is 0. The molecule has 1 aliphatic rings. The molecule has 4 nitrogen and oxygen atoms in total. The average Bonchev–Trinajstić information content (AvgIpc) is 2.69. The Morgan fingerprint density at radius 1 is 1.19 bits per heavy atom. The number of hydrogen-bond donors (Lipinski definition) is 2. The fourth-order valence-corrected chi connectivity index (χ4v) is 2.41. The largest absolute Gasteiger partial charge is 0.383 e. The van der Waals surface area contributed by atoms with Crippen molar-refractivity contribution in [2.24, 2.45) is 0 Å². The summed E-state index contributed by atoms with van der Waals surface area (Å²) in [5.74, 6) is -0.370. The zero-order chi connectivity index (χ0) is 14.7. The van der Waals surface area contributed by atoms with Crippen LogP contribution in [-0.4, -0.2) is 19.1 Å². The lowest BCUT2D eigenvalue weighted by Crippen LogP contribution is -2.35. The van der Waals surface area contributed by atoms with Gasteiger partial charge in [0.25, 0.3) is 0 Å². The van der Waals surface area contributed by atoms with Gasteiger partial charge in [0, 0.05) is 18.8 Å². The van der Waals surface area contributed by atoms with Crippen LogP contribution in [0.5, 0.6) is 0 Å². The molecule has 2 amide bonds. The zero-order valence-corrected chi connectivity index (χ0v) is 11.5. The molecule has 0 bridgehead atoms. The number of carbonyl (C=O) groups excluding carboxylic acids is 1. The Kier molecular flexibility index (Phi) is 3.73. The number of nitrogens with one attached hydrogen (secondary N) is 2. The minimum atomic E-state index is -0.370. The molecule has 5 heteroatoms. The van der Waals surface area contributed by atoms with Gasteiger partial charge in [-0.15, -0.1) is 0 Å². The molecule has 3 rings (SSSR count). The molecule has 2 aromatic carbocycles. The number of nitrogens with zero attached hydrogens (tertiary/aromatic N) is 1. The van der Waals surface area contributed by atoms with Gasteiger partial charge in [0.2, 0.25) is 0 Å². The summed E-state index contributed by atoms with van der Waals surface area (Å²) in [5, 5.41) is 6.04. The molecule has 0 radical (unpaired) electrons. The Morgan fingerprint density at radius 3 is 2.90 bits per heavy atom. The van der Waals surface area contributed by atoms with Crippen LogP contribution in [0, 0.1) is 5.82 Å². The molecule has 0 atom stereocenters. The van der Waals surface area contributed by atoms with E-state index in [1.54, 1.807) is 17.0 Å². The molecule has 2 aromatic rings. The second-order valence-corrected chi connectivity index (χ2v) is 4.89. The molecule has 0 aliphatic carbocycles. The summed E-state index contributed by atoms with van der Waals surface area (Å²) in [6, 6.07) is 13.3. The van der Waals surface area contributed by atoms with Crippen LogP contribution in [0.1, 0.15) is 6.42 Å². The summed E-state index contributed by atoms with van der Waals surface area (Å²) >= 11 is 0. The SMILES string of the molecule is O=C(Nc1cccc(F)c1)N1CCCNc2ccccc21. The monoisotopic (exact) mass is 285 g/mol. The van der Waals surface area contributed by atoms with Crippen LogP contribution in [0.2, 0.25) is 0 Å². The number of amides is 2. The van der Waals surface area contributed by atoms with Gasteiger partial charge in [-0.2, -0.15) is 0 Å². The highest BCUT2D eigenvalue weighted by Gasteiger charge is 2.20.